The third-order valence-corrected chi connectivity index (χ3v) is 4.06. The van der Waals surface area contributed by atoms with E-state index in [-0.39, 0.29) is 0 Å². The summed E-state index contributed by atoms with van der Waals surface area (Å²) < 4.78 is 7.47. The molecular formula is C16H21N3O. The lowest BCUT2D eigenvalue weighted by molar-refractivity contribution is 0.416. The Labute approximate surface area is 119 Å². The van der Waals surface area contributed by atoms with E-state index in [1.807, 2.05) is 36.1 Å². The van der Waals surface area contributed by atoms with Gasteiger partial charge in [0, 0.05) is 36.3 Å². The van der Waals surface area contributed by atoms with Gasteiger partial charge in [-0.1, -0.05) is 18.2 Å². The Balaban J connectivity index is 1.97. The molecule has 1 fully saturated rings. The number of methoxy groups -OCH3 is 1. The van der Waals surface area contributed by atoms with E-state index in [1.54, 1.807) is 7.11 Å². The van der Waals surface area contributed by atoms with Crippen molar-refractivity contribution >= 4 is 0 Å². The van der Waals surface area contributed by atoms with Crippen LogP contribution in [0, 0.1) is 0 Å². The van der Waals surface area contributed by atoms with Crippen LogP contribution in [0.3, 0.4) is 0 Å². The SMILES string of the molecule is COc1ccccc1-c1cnn(C)c1CC1CCCN1. The van der Waals surface area contributed by atoms with Crippen LogP contribution in [0.2, 0.25) is 0 Å². The number of para-hydroxylation sites is 1. The highest BCUT2D eigenvalue weighted by Crippen LogP contribution is 2.32. The Morgan fingerprint density at radius 3 is 2.95 bits per heavy atom. The summed E-state index contributed by atoms with van der Waals surface area (Å²) in [5, 5.41) is 8.00. The maximum absolute atomic E-state index is 5.48. The summed E-state index contributed by atoms with van der Waals surface area (Å²) in [6, 6.07) is 8.71. The molecule has 3 rings (SSSR count). The second-order valence-electron chi connectivity index (χ2n) is 5.33. The zero-order valence-electron chi connectivity index (χ0n) is 12.1. The number of hydrogen-bond acceptors (Lipinski definition) is 3. The Morgan fingerprint density at radius 2 is 2.20 bits per heavy atom. The van der Waals surface area contributed by atoms with E-state index < -0.39 is 0 Å². The van der Waals surface area contributed by atoms with Crippen molar-refractivity contribution in [2.24, 2.45) is 7.05 Å². The quantitative estimate of drug-likeness (QED) is 0.928. The number of hydrogen-bond donors (Lipinski definition) is 1. The lowest BCUT2D eigenvalue weighted by atomic mass is 10.0. The van der Waals surface area contributed by atoms with Crippen LogP contribution < -0.4 is 10.1 Å². The standard InChI is InChI=1S/C16H21N3O/c1-19-15(10-12-6-5-9-17-12)14(11-18-19)13-7-3-4-8-16(13)20-2/h3-4,7-8,11-12,17H,5-6,9-10H2,1-2H3. The van der Waals surface area contributed by atoms with Gasteiger partial charge in [0.25, 0.3) is 0 Å². The first-order chi connectivity index (χ1) is 9.79. The predicted octanol–water partition coefficient (Wildman–Crippen LogP) is 2.39. The van der Waals surface area contributed by atoms with Gasteiger partial charge in [0.05, 0.1) is 13.3 Å². The van der Waals surface area contributed by atoms with Crippen LogP contribution in [0.5, 0.6) is 5.75 Å². The van der Waals surface area contributed by atoms with E-state index >= 15 is 0 Å². The Morgan fingerprint density at radius 1 is 1.35 bits per heavy atom. The molecule has 1 N–H and O–H groups in total. The molecule has 4 heteroatoms. The van der Waals surface area contributed by atoms with Crippen molar-refractivity contribution in [3.8, 4) is 16.9 Å². The third kappa shape index (κ3) is 2.43. The molecule has 1 aliphatic rings. The van der Waals surface area contributed by atoms with Crippen LogP contribution in [0.25, 0.3) is 11.1 Å². The minimum Gasteiger partial charge on any atom is -0.496 e. The van der Waals surface area contributed by atoms with Crippen LogP contribution in [0.4, 0.5) is 0 Å². The molecule has 0 amide bonds. The largest absolute Gasteiger partial charge is 0.496 e. The second kappa shape index (κ2) is 5.67. The molecule has 0 radical (unpaired) electrons. The van der Waals surface area contributed by atoms with Gasteiger partial charge in [0.15, 0.2) is 0 Å². The average Bonchev–Trinajstić information content (AvgIpc) is 3.11. The van der Waals surface area contributed by atoms with Crippen LogP contribution in [-0.2, 0) is 13.5 Å². The molecular weight excluding hydrogens is 250 g/mol. The summed E-state index contributed by atoms with van der Waals surface area (Å²) in [5.41, 5.74) is 3.57. The molecule has 0 spiro atoms. The third-order valence-electron chi connectivity index (χ3n) is 4.06. The molecule has 1 aliphatic heterocycles. The van der Waals surface area contributed by atoms with Gasteiger partial charge in [-0.05, 0) is 25.5 Å². The molecule has 106 valence electrons. The van der Waals surface area contributed by atoms with Gasteiger partial charge in [-0.2, -0.15) is 5.10 Å². The first-order valence-electron chi connectivity index (χ1n) is 7.17. The average molecular weight is 271 g/mol. The maximum Gasteiger partial charge on any atom is 0.126 e. The van der Waals surface area contributed by atoms with Crippen LogP contribution in [0.15, 0.2) is 30.5 Å². The Kier molecular flexibility index (Phi) is 3.74. The molecule has 1 saturated heterocycles. The van der Waals surface area contributed by atoms with Gasteiger partial charge < -0.3 is 10.1 Å². The number of aryl methyl sites for hydroxylation is 1. The first-order valence-corrected chi connectivity index (χ1v) is 7.17. The summed E-state index contributed by atoms with van der Waals surface area (Å²) in [6.45, 7) is 1.13. The van der Waals surface area contributed by atoms with E-state index in [0.717, 1.165) is 24.3 Å². The second-order valence-corrected chi connectivity index (χ2v) is 5.33. The van der Waals surface area contributed by atoms with Gasteiger partial charge >= 0.3 is 0 Å². The molecule has 0 bridgehead atoms. The van der Waals surface area contributed by atoms with E-state index in [4.69, 9.17) is 4.74 Å². The van der Waals surface area contributed by atoms with Crippen LogP contribution in [0.1, 0.15) is 18.5 Å². The topological polar surface area (TPSA) is 39.1 Å². The monoisotopic (exact) mass is 271 g/mol. The van der Waals surface area contributed by atoms with E-state index in [9.17, 15) is 0 Å². The molecule has 20 heavy (non-hydrogen) atoms. The van der Waals surface area contributed by atoms with Gasteiger partial charge in [-0.3, -0.25) is 4.68 Å². The Bertz CT molecular complexity index is 585. The highest BCUT2D eigenvalue weighted by Gasteiger charge is 2.20. The van der Waals surface area contributed by atoms with E-state index in [0.29, 0.717) is 6.04 Å². The molecule has 2 heterocycles. The summed E-state index contributed by atoms with van der Waals surface area (Å²) in [4.78, 5) is 0. The summed E-state index contributed by atoms with van der Waals surface area (Å²) in [6.07, 6.45) is 5.48. The molecule has 2 aromatic rings. The molecule has 1 aromatic carbocycles. The van der Waals surface area contributed by atoms with Crippen molar-refractivity contribution in [3.05, 3.63) is 36.2 Å². The summed E-state index contributed by atoms with van der Waals surface area (Å²) in [5.74, 6) is 0.904. The molecule has 1 atom stereocenters. The summed E-state index contributed by atoms with van der Waals surface area (Å²) >= 11 is 0. The molecule has 1 aromatic heterocycles. The number of ether oxygens (including phenoxy) is 1. The first kappa shape index (κ1) is 13.2. The smallest absolute Gasteiger partial charge is 0.126 e. The normalized spacial score (nSPS) is 18.4. The number of benzene rings is 1. The summed E-state index contributed by atoms with van der Waals surface area (Å²) in [7, 11) is 3.73. The van der Waals surface area contributed by atoms with Crippen LogP contribution in [-0.4, -0.2) is 29.5 Å². The lowest BCUT2D eigenvalue weighted by Gasteiger charge is -2.14. The minimum atomic E-state index is 0.568. The van der Waals surface area contributed by atoms with Gasteiger partial charge in [0.2, 0.25) is 0 Å². The predicted molar refractivity (Wildman–Crippen MR) is 79.9 cm³/mol. The van der Waals surface area contributed by atoms with Gasteiger partial charge in [0.1, 0.15) is 5.75 Å². The number of rotatable bonds is 4. The minimum absolute atomic E-state index is 0.568. The van der Waals surface area contributed by atoms with Gasteiger partial charge in [-0.15, -0.1) is 0 Å². The van der Waals surface area contributed by atoms with E-state index in [2.05, 4.69) is 16.5 Å². The molecule has 0 aliphatic carbocycles. The van der Waals surface area contributed by atoms with Gasteiger partial charge in [-0.25, -0.2) is 0 Å². The van der Waals surface area contributed by atoms with Crippen molar-refractivity contribution in [2.45, 2.75) is 25.3 Å². The fourth-order valence-electron chi connectivity index (χ4n) is 2.96. The molecule has 4 nitrogen and oxygen atoms in total. The van der Waals surface area contributed by atoms with Crippen LogP contribution >= 0.6 is 0 Å². The van der Waals surface area contributed by atoms with E-state index in [1.165, 1.54) is 24.1 Å². The number of aromatic nitrogens is 2. The molecule has 1 unspecified atom stereocenters. The maximum atomic E-state index is 5.48. The van der Waals surface area contributed by atoms with Crippen molar-refractivity contribution in [1.29, 1.82) is 0 Å². The van der Waals surface area contributed by atoms with Crippen molar-refractivity contribution in [3.63, 3.8) is 0 Å². The molecule has 0 saturated carbocycles. The fraction of sp³-hybridized carbons (Fsp3) is 0.438. The highest BCUT2D eigenvalue weighted by molar-refractivity contribution is 5.72. The lowest BCUT2D eigenvalue weighted by Crippen LogP contribution is -2.25. The van der Waals surface area contributed by atoms with Crippen molar-refractivity contribution in [1.82, 2.24) is 15.1 Å². The zero-order valence-corrected chi connectivity index (χ0v) is 12.1. The fourth-order valence-corrected chi connectivity index (χ4v) is 2.96. The van der Waals surface area contributed by atoms with Crippen molar-refractivity contribution in [2.75, 3.05) is 13.7 Å². The zero-order chi connectivity index (χ0) is 13.9. The highest BCUT2D eigenvalue weighted by atomic mass is 16.5. The van der Waals surface area contributed by atoms with Crippen molar-refractivity contribution < 1.29 is 4.74 Å². The number of nitrogens with one attached hydrogen (secondary N) is 1. The number of nitrogens with zero attached hydrogens (tertiary/aromatic N) is 2. The Hall–Kier alpha value is -1.81.